The molecule has 0 aliphatic heterocycles. The molecule has 3 aromatic carbocycles. The van der Waals surface area contributed by atoms with Crippen molar-refractivity contribution in [3.05, 3.63) is 91.0 Å². The van der Waals surface area contributed by atoms with Gasteiger partial charge in [-0.05, 0) is 36.4 Å². The van der Waals surface area contributed by atoms with Crippen molar-refractivity contribution in [2.24, 2.45) is 0 Å². The second-order valence-corrected chi connectivity index (χ2v) is 5.30. The number of hydrogen-bond acceptors (Lipinski definition) is 3. The maximum Gasteiger partial charge on any atom is 0.166 e. The summed E-state index contributed by atoms with van der Waals surface area (Å²) < 4.78 is 17.7. The SMILES string of the molecule is c1ccc(OCC(COc2ccccc2)Oc2ccccc2)cc1. The van der Waals surface area contributed by atoms with Crippen LogP contribution in [0.2, 0.25) is 0 Å². The molecule has 0 fully saturated rings. The lowest BCUT2D eigenvalue weighted by atomic mass is 10.3. The summed E-state index contributed by atoms with van der Waals surface area (Å²) in [6.07, 6.45) is -0.215. The maximum atomic E-state index is 6.01. The molecule has 0 saturated heterocycles. The molecule has 3 heteroatoms. The lowest BCUT2D eigenvalue weighted by Crippen LogP contribution is -2.31. The lowest BCUT2D eigenvalue weighted by Gasteiger charge is -2.20. The van der Waals surface area contributed by atoms with Gasteiger partial charge < -0.3 is 14.2 Å². The monoisotopic (exact) mass is 320 g/mol. The van der Waals surface area contributed by atoms with E-state index in [0.717, 1.165) is 17.2 Å². The van der Waals surface area contributed by atoms with Gasteiger partial charge in [0.25, 0.3) is 0 Å². The molecule has 0 spiro atoms. The van der Waals surface area contributed by atoms with Crippen molar-refractivity contribution < 1.29 is 14.2 Å². The molecular formula is C21H20O3. The highest BCUT2D eigenvalue weighted by molar-refractivity contribution is 5.23. The van der Waals surface area contributed by atoms with Gasteiger partial charge in [-0.25, -0.2) is 0 Å². The fraction of sp³-hybridized carbons (Fsp3) is 0.143. The molecule has 0 N–H and O–H groups in total. The van der Waals surface area contributed by atoms with E-state index in [1.165, 1.54) is 0 Å². The van der Waals surface area contributed by atoms with Crippen LogP contribution in [0.1, 0.15) is 0 Å². The van der Waals surface area contributed by atoms with Crippen LogP contribution in [-0.2, 0) is 0 Å². The summed E-state index contributed by atoms with van der Waals surface area (Å²) in [5.41, 5.74) is 0. The van der Waals surface area contributed by atoms with Crippen molar-refractivity contribution in [3.63, 3.8) is 0 Å². The third kappa shape index (κ3) is 5.06. The average Bonchev–Trinajstić information content (AvgIpc) is 2.66. The fourth-order valence-corrected chi connectivity index (χ4v) is 2.22. The van der Waals surface area contributed by atoms with E-state index in [-0.39, 0.29) is 6.10 Å². The second kappa shape index (κ2) is 8.63. The van der Waals surface area contributed by atoms with Crippen LogP contribution in [0.4, 0.5) is 0 Å². The minimum Gasteiger partial charge on any atom is -0.490 e. The Bertz CT molecular complexity index is 655. The molecule has 0 radical (unpaired) electrons. The van der Waals surface area contributed by atoms with Crippen molar-refractivity contribution in [2.45, 2.75) is 6.10 Å². The van der Waals surface area contributed by atoms with E-state index in [2.05, 4.69) is 0 Å². The van der Waals surface area contributed by atoms with Gasteiger partial charge in [-0.1, -0.05) is 54.6 Å². The van der Waals surface area contributed by atoms with Gasteiger partial charge in [0, 0.05) is 0 Å². The first kappa shape index (κ1) is 15.9. The molecule has 0 atom stereocenters. The summed E-state index contributed by atoms with van der Waals surface area (Å²) in [6, 6.07) is 29.1. The highest BCUT2D eigenvalue weighted by atomic mass is 16.6. The molecule has 3 nitrogen and oxygen atoms in total. The van der Waals surface area contributed by atoms with Gasteiger partial charge in [0.05, 0.1) is 0 Å². The third-order valence-electron chi connectivity index (χ3n) is 3.40. The van der Waals surface area contributed by atoms with Crippen LogP contribution in [-0.4, -0.2) is 19.3 Å². The Labute approximate surface area is 142 Å². The Hall–Kier alpha value is -2.94. The zero-order chi connectivity index (χ0) is 16.5. The summed E-state index contributed by atoms with van der Waals surface area (Å²) in [7, 11) is 0. The van der Waals surface area contributed by atoms with E-state index in [1.807, 2.05) is 91.0 Å². The molecule has 0 aliphatic rings. The summed E-state index contributed by atoms with van der Waals surface area (Å²) in [5.74, 6) is 2.44. The van der Waals surface area contributed by atoms with Gasteiger partial charge in [-0.15, -0.1) is 0 Å². The van der Waals surface area contributed by atoms with E-state index in [9.17, 15) is 0 Å². The molecule has 24 heavy (non-hydrogen) atoms. The summed E-state index contributed by atoms with van der Waals surface area (Å²) >= 11 is 0. The predicted octanol–water partition coefficient (Wildman–Crippen LogP) is 4.59. The predicted molar refractivity (Wildman–Crippen MR) is 94.7 cm³/mol. The largest absolute Gasteiger partial charge is 0.490 e. The molecule has 0 amide bonds. The highest BCUT2D eigenvalue weighted by Crippen LogP contribution is 2.15. The first-order valence-corrected chi connectivity index (χ1v) is 7.97. The van der Waals surface area contributed by atoms with Crippen LogP contribution in [0.5, 0.6) is 17.2 Å². The Kier molecular flexibility index (Phi) is 5.73. The van der Waals surface area contributed by atoms with Gasteiger partial charge in [0.1, 0.15) is 30.5 Å². The molecule has 0 saturated carbocycles. The van der Waals surface area contributed by atoms with Gasteiger partial charge in [0.2, 0.25) is 0 Å². The van der Waals surface area contributed by atoms with Gasteiger partial charge in [-0.3, -0.25) is 0 Å². The van der Waals surface area contributed by atoms with Crippen molar-refractivity contribution in [1.82, 2.24) is 0 Å². The molecule has 0 aromatic heterocycles. The van der Waals surface area contributed by atoms with E-state index in [0.29, 0.717) is 13.2 Å². The number of ether oxygens (including phenoxy) is 3. The Morgan fingerprint density at radius 1 is 0.500 bits per heavy atom. The van der Waals surface area contributed by atoms with Crippen molar-refractivity contribution in [2.75, 3.05) is 13.2 Å². The van der Waals surface area contributed by atoms with E-state index in [1.54, 1.807) is 0 Å². The molecule has 0 heterocycles. The maximum absolute atomic E-state index is 6.01. The first-order chi connectivity index (χ1) is 11.9. The Balaban J connectivity index is 1.61. The van der Waals surface area contributed by atoms with Crippen LogP contribution in [0.3, 0.4) is 0 Å². The van der Waals surface area contributed by atoms with Crippen molar-refractivity contribution >= 4 is 0 Å². The molecule has 3 aromatic rings. The lowest BCUT2D eigenvalue weighted by molar-refractivity contribution is 0.0812. The van der Waals surface area contributed by atoms with E-state index >= 15 is 0 Å². The molecule has 0 aliphatic carbocycles. The minimum absolute atomic E-state index is 0.215. The standard InChI is InChI=1S/C21H20O3/c1-4-10-18(11-5-1)22-16-21(24-20-14-8-3-9-15-20)17-23-19-12-6-2-7-13-19/h1-15,21H,16-17H2. The molecule has 0 bridgehead atoms. The Morgan fingerprint density at radius 3 is 1.29 bits per heavy atom. The smallest absolute Gasteiger partial charge is 0.166 e. The first-order valence-electron chi connectivity index (χ1n) is 7.97. The van der Waals surface area contributed by atoms with Crippen molar-refractivity contribution in [1.29, 1.82) is 0 Å². The fourth-order valence-electron chi connectivity index (χ4n) is 2.22. The molecule has 3 rings (SSSR count). The molecule has 122 valence electrons. The second-order valence-electron chi connectivity index (χ2n) is 5.30. The van der Waals surface area contributed by atoms with E-state index < -0.39 is 0 Å². The van der Waals surface area contributed by atoms with Crippen LogP contribution in [0.25, 0.3) is 0 Å². The summed E-state index contributed by atoms with van der Waals surface area (Å²) in [5, 5.41) is 0. The summed E-state index contributed by atoms with van der Waals surface area (Å²) in [6.45, 7) is 0.817. The Morgan fingerprint density at radius 2 is 0.875 bits per heavy atom. The quantitative estimate of drug-likeness (QED) is 0.607. The van der Waals surface area contributed by atoms with Crippen LogP contribution in [0, 0.1) is 0 Å². The third-order valence-corrected chi connectivity index (χ3v) is 3.40. The number of para-hydroxylation sites is 3. The zero-order valence-electron chi connectivity index (χ0n) is 13.4. The number of benzene rings is 3. The van der Waals surface area contributed by atoms with Gasteiger partial charge >= 0.3 is 0 Å². The van der Waals surface area contributed by atoms with Crippen LogP contribution >= 0.6 is 0 Å². The number of hydrogen-bond donors (Lipinski definition) is 0. The van der Waals surface area contributed by atoms with Crippen molar-refractivity contribution in [3.8, 4) is 17.2 Å². The van der Waals surface area contributed by atoms with Crippen LogP contribution in [0.15, 0.2) is 91.0 Å². The highest BCUT2D eigenvalue weighted by Gasteiger charge is 2.13. The number of rotatable bonds is 8. The van der Waals surface area contributed by atoms with Gasteiger partial charge in [-0.2, -0.15) is 0 Å². The molecule has 0 unspecified atom stereocenters. The summed E-state index contributed by atoms with van der Waals surface area (Å²) in [4.78, 5) is 0. The minimum atomic E-state index is -0.215. The topological polar surface area (TPSA) is 27.7 Å². The van der Waals surface area contributed by atoms with E-state index in [4.69, 9.17) is 14.2 Å². The van der Waals surface area contributed by atoms with Gasteiger partial charge in [0.15, 0.2) is 6.10 Å². The van der Waals surface area contributed by atoms with Crippen LogP contribution < -0.4 is 14.2 Å². The normalized spacial score (nSPS) is 10.4. The zero-order valence-corrected chi connectivity index (χ0v) is 13.4. The molecular weight excluding hydrogens is 300 g/mol. The average molecular weight is 320 g/mol.